The number of fused-ring (bicyclic) bond motifs is 1. The zero-order valence-electron chi connectivity index (χ0n) is 14.2. The summed E-state index contributed by atoms with van der Waals surface area (Å²) in [7, 11) is 3.92. The maximum absolute atomic E-state index is 12.7. The quantitative estimate of drug-likeness (QED) is 0.880. The zero-order chi connectivity index (χ0) is 17.4. The van der Waals surface area contributed by atoms with Crippen LogP contribution in [0.3, 0.4) is 0 Å². The zero-order valence-corrected chi connectivity index (χ0v) is 14.2. The topological polar surface area (TPSA) is 71.8 Å². The van der Waals surface area contributed by atoms with Gasteiger partial charge in [0.2, 0.25) is 5.43 Å². The molecule has 128 valence electrons. The SMILES string of the molecule is Cc1c(C(=O)O)c(=O)c2cc(OCCN(C)C)ccc2n1C1CC1. The first-order chi connectivity index (χ1) is 11.4. The molecule has 1 aromatic carbocycles. The van der Waals surface area contributed by atoms with Gasteiger partial charge in [-0.15, -0.1) is 0 Å². The molecule has 2 aromatic rings. The van der Waals surface area contributed by atoms with E-state index >= 15 is 0 Å². The van der Waals surface area contributed by atoms with E-state index in [1.807, 2.05) is 35.7 Å². The van der Waals surface area contributed by atoms with Crippen molar-refractivity contribution in [3.8, 4) is 5.75 Å². The van der Waals surface area contributed by atoms with Gasteiger partial charge in [0, 0.05) is 18.3 Å². The van der Waals surface area contributed by atoms with Gasteiger partial charge in [0.1, 0.15) is 17.9 Å². The summed E-state index contributed by atoms with van der Waals surface area (Å²) in [5.41, 5.74) is 0.735. The molecule has 0 unspecified atom stereocenters. The highest BCUT2D eigenvalue weighted by atomic mass is 16.5. The third-order valence-electron chi connectivity index (χ3n) is 4.36. The normalized spacial score (nSPS) is 14.3. The van der Waals surface area contributed by atoms with Crippen LogP contribution in [0, 0.1) is 6.92 Å². The Hall–Kier alpha value is -2.34. The highest BCUT2D eigenvalue weighted by Gasteiger charge is 2.29. The van der Waals surface area contributed by atoms with Gasteiger partial charge < -0.3 is 19.3 Å². The lowest BCUT2D eigenvalue weighted by molar-refractivity contribution is 0.0694. The van der Waals surface area contributed by atoms with Crippen molar-refractivity contribution >= 4 is 16.9 Å². The van der Waals surface area contributed by atoms with Gasteiger partial charge in [-0.3, -0.25) is 4.79 Å². The molecule has 1 aliphatic carbocycles. The van der Waals surface area contributed by atoms with Crippen molar-refractivity contribution in [1.29, 1.82) is 0 Å². The predicted molar refractivity (Wildman–Crippen MR) is 92.2 cm³/mol. The highest BCUT2D eigenvalue weighted by molar-refractivity contribution is 5.94. The molecule has 1 aliphatic rings. The van der Waals surface area contributed by atoms with E-state index < -0.39 is 11.4 Å². The second kappa shape index (κ2) is 6.28. The van der Waals surface area contributed by atoms with Crippen LogP contribution in [0.4, 0.5) is 0 Å². The van der Waals surface area contributed by atoms with Crippen LogP contribution in [0.15, 0.2) is 23.0 Å². The fourth-order valence-electron chi connectivity index (χ4n) is 3.00. The van der Waals surface area contributed by atoms with Gasteiger partial charge in [-0.05, 0) is 52.1 Å². The lowest BCUT2D eigenvalue weighted by Gasteiger charge is -2.17. The number of aromatic nitrogens is 1. The molecule has 1 N–H and O–H groups in total. The van der Waals surface area contributed by atoms with E-state index in [1.165, 1.54) is 0 Å². The number of carboxylic acids is 1. The molecule has 0 spiro atoms. The number of carboxylic acid groups (broad SMARTS) is 1. The number of pyridine rings is 1. The minimum Gasteiger partial charge on any atom is -0.492 e. The van der Waals surface area contributed by atoms with Crippen molar-refractivity contribution in [2.75, 3.05) is 27.2 Å². The van der Waals surface area contributed by atoms with Crippen molar-refractivity contribution in [3.05, 3.63) is 39.7 Å². The van der Waals surface area contributed by atoms with Crippen LogP contribution in [0.5, 0.6) is 5.75 Å². The number of rotatable bonds is 6. The first-order valence-corrected chi connectivity index (χ1v) is 8.10. The first kappa shape index (κ1) is 16.5. The molecule has 0 aliphatic heterocycles. The third-order valence-corrected chi connectivity index (χ3v) is 4.36. The summed E-state index contributed by atoms with van der Waals surface area (Å²) in [6, 6.07) is 5.65. The van der Waals surface area contributed by atoms with E-state index in [9.17, 15) is 14.7 Å². The summed E-state index contributed by atoms with van der Waals surface area (Å²) in [6.45, 7) is 2.98. The monoisotopic (exact) mass is 330 g/mol. The van der Waals surface area contributed by atoms with Crippen LogP contribution in [0.2, 0.25) is 0 Å². The molecule has 1 fully saturated rings. The largest absolute Gasteiger partial charge is 0.492 e. The van der Waals surface area contributed by atoms with Crippen molar-refractivity contribution in [2.24, 2.45) is 0 Å². The molecular weight excluding hydrogens is 308 g/mol. The Balaban J connectivity index is 2.11. The van der Waals surface area contributed by atoms with E-state index in [2.05, 4.69) is 0 Å². The standard InChI is InChI=1S/C18H22N2O4/c1-11-16(18(22)23)17(21)14-10-13(24-9-8-19(2)3)6-7-15(14)20(11)12-4-5-12/h6-7,10,12H,4-5,8-9H2,1-3H3,(H,22,23). The van der Waals surface area contributed by atoms with Crippen molar-refractivity contribution in [2.45, 2.75) is 25.8 Å². The van der Waals surface area contributed by atoms with Gasteiger partial charge in [-0.1, -0.05) is 0 Å². The number of carbonyl (C=O) groups is 1. The predicted octanol–water partition coefficient (Wildman–Crippen LogP) is 2.28. The Morgan fingerprint density at radius 1 is 1.38 bits per heavy atom. The van der Waals surface area contributed by atoms with Crippen molar-refractivity contribution < 1.29 is 14.6 Å². The highest BCUT2D eigenvalue weighted by Crippen LogP contribution is 2.38. The van der Waals surface area contributed by atoms with Gasteiger partial charge >= 0.3 is 5.97 Å². The summed E-state index contributed by atoms with van der Waals surface area (Å²) in [6.07, 6.45) is 2.03. The van der Waals surface area contributed by atoms with Gasteiger partial charge in [0.15, 0.2) is 0 Å². The molecule has 6 nitrogen and oxygen atoms in total. The second-order valence-electron chi connectivity index (χ2n) is 6.53. The molecule has 1 heterocycles. The Morgan fingerprint density at radius 2 is 2.08 bits per heavy atom. The van der Waals surface area contributed by atoms with Crippen LogP contribution in [0.25, 0.3) is 10.9 Å². The van der Waals surface area contributed by atoms with Crippen LogP contribution in [-0.4, -0.2) is 47.8 Å². The molecule has 0 amide bonds. The maximum atomic E-state index is 12.7. The molecule has 0 bridgehead atoms. The summed E-state index contributed by atoms with van der Waals surface area (Å²) < 4.78 is 7.68. The Morgan fingerprint density at radius 3 is 2.67 bits per heavy atom. The van der Waals surface area contributed by atoms with Crippen LogP contribution in [-0.2, 0) is 0 Å². The van der Waals surface area contributed by atoms with Gasteiger partial charge in [-0.2, -0.15) is 0 Å². The summed E-state index contributed by atoms with van der Waals surface area (Å²) in [4.78, 5) is 26.2. The molecule has 6 heteroatoms. The summed E-state index contributed by atoms with van der Waals surface area (Å²) >= 11 is 0. The Kier molecular flexibility index (Phi) is 4.32. The number of benzene rings is 1. The Labute approximate surface area is 140 Å². The third kappa shape index (κ3) is 3.01. The molecule has 1 saturated carbocycles. The molecule has 24 heavy (non-hydrogen) atoms. The van der Waals surface area contributed by atoms with Gasteiger partial charge in [-0.25, -0.2) is 4.79 Å². The van der Waals surface area contributed by atoms with E-state index in [1.54, 1.807) is 13.0 Å². The average molecular weight is 330 g/mol. The number of nitrogens with zero attached hydrogens (tertiary/aromatic N) is 2. The van der Waals surface area contributed by atoms with Crippen LogP contribution in [0.1, 0.15) is 34.9 Å². The number of hydrogen-bond acceptors (Lipinski definition) is 4. The molecular formula is C18H22N2O4. The molecule has 3 rings (SSSR count). The smallest absolute Gasteiger partial charge is 0.341 e. The van der Waals surface area contributed by atoms with Gasteiger partial charge in [0.25, 0.3) is 0 Å². The van der Waals surface area contributed by atoms with Crippen LogP contribution < -0.4 is 10.2 Å². The van der Waals surface area contributed by atoms with Crippen molar-refractivity contribution in [3.63, 3.8) is 0 Å². The lowest BCUT2D eigenvalue weighted by Crippen LogP contribution is -2.22. The summed E-state index contributed by atoms with van der Waals surface area (Å²) in [5.74, 6) is -0.586. The second-order valence-corrected chi connectivity index (χ2v) is 6.53. The van der Waals surface area contributed by atoms with E-state index in [0.717, 1.165) is 24.9 Å². The number of likely N-dealkylation sites (N-methyl/N-ethyl adjacent to an activating group) is 1. The van der Waals surface area contributed by atoms with Gasteiger partial charge in [0.05, 0.1) is 10.9 Å². The minimum absolute atomic E-state index is 0.139. The van der Waals surface area contributed by atoms with E-state index in [0.29, 0.717) is 23.4 Å². The van der Waals surface area contributed by atoms with E-state index in [4.69, 9.17) is 4.74 Å². The maximum Gasteiger partial charge on any atom is 0.341 e. The molecule has 0 atom stereocenters. The molecule has 1 aromatic heterocycles. The Bertz CT molecular complexity index is 850. The minimum atomic E-state index is -1.17. The molecule has 0 radical (unpaired) electrons. The number of hydrogen-bond donors (Lipinski definition) is 1. The average Bonchev–Trinajstić information content (AvgIpc) is 3.32. The number of ether oxygens (including phenoxy) is 1. The fourth-order valence-corrected chi connectivity index (χ4v) is 3.00. The number of aromatic carboxylic acids is 1. The fraction of sp³-hybridized carbons (Fsp3) is 0.444. The summed E-state index contributed by atoms with van der Waals surface area (Å²) in [5, 5.41) is 9.86. The lowest BCUT2D eigenvalue weighted by atomic mass is 10.1. The van der Waals surface area contributed by atoms with Crippen LogP contribution >= 0.6 is 0 Å². The van der Waals surface area contributed by atoms with Crippen molar-refractivity contribution in [1.82, 2.24) is 9.47 Å². The first-order valence-electron chi connectivity index (χ1n) is 8.10. The molecule has 0 saturated heterocycles. The van der Waals surface area contributed by atoms with E-state index in [-0.39, 0.29) is 11.6 Å².